The highest BCUT2D eigenvalue weighted by Gasteiger charge is 2.49. The number of nitrogens with zero attached hydrogens (tertiary/aromatic N) is 2. The number of furan rings is 2. The summed E-state index contributed by atoms with van der Waals surface area (Å²) in [4.78, 5) is 4.71. The summed E-state index contributed by atoms with van der Waals surface area (Å²) in [5, 5.41) is 2.26. The van der Waals surface area contributed by atoms with E-state index in [4.69, 9.17) is 8.83 Å². The van der Waals surface area contributed by atoms with Gasteiger partial charge in [0, 0.05) is 16.3 Å². The summed E-state index contributed by atoms with van der Waals surface area (Å²) in [6.07, 6.45) is 1.79. The lowest BCUT2D eigenvalue weighted by Gasteiger charge is -2.33. The van der Waals surface area contributed by atoms with Gasteiger partial charge in [0.15, 0.2) is 11.5 Å². The molecule has 8 rings (SSSR count). The number of anilines is 4. The van der Waals surface area contributed by atoms with E-state index in [1.165, 1.54) is 11.0 Å². The molecule has 4 heterocycles. The Kier molecular flexibility index (Phi) is 3.19. The zero-order valence-corrected chi connectivity index (χ0v) is 17.6. The average Bonchev–Trinajstić information content (AvgIpc) is 3.58. The number of rotatable bonds is 1. The molecule has 0 aliphatic carbocycles. The van der Waals surface area contributed by atoms with Crippen LogP contribution in [0.3, 0.4) is 0 Å². The Balaban J connectivity index is 1.47. The van der Waals surface area contributed by atoms with Crippen LogP contribution in [0.2, 0.25) is 0 Å². The van der Waals surface area contributed by atoms with Crippen molar-refractivity contribution >= 4 is 57.3 Å². The molecule has 0 spiro atoms. The Hall–Kier alpha value is -4.38. The fourth-order valence-corrected chi connectivity index (χ4v) is 5.59. The summed E-state index contributed by atoms with van der Waals surface area (Å²) in [5.41, 5.74) is 8.69. The zero-order chi connectivity index (χ0) is 21.5. The summed E-state index contributed by atoms with van der Waals surface area (Å²) in [6, 6.07) is 33.9. The van der Waals surface area contributed by atoms with Crippen LogP contribution in [0.5, 0.6) is 0 Å². The van der Waals surface area contributed by atoms with Crippen LogP contribution in [0.25, 0.3) is 33.1 Å². The van der Waals surface area contributed by atoms with E-state index in [0.717, 1.165) is 50.4 Å². The summed E-state index contributed by atoms with van der Waals surface area (Å²) >= 11 is 0. The second-order valence-electron chi connectivity index (χ2n) is 8.58. The Bertz CT molecular complexity index is 1720. The second-order valence-corrected chi connectivity index (χ2v) is 8.58. The van der Waals surface area contributed by atoms with Crippen molar-refractivity contribution in [2.75, 3.05) is 9.62 Å². The summed E-state index contributed by atoms with van der Waals surface area (Å²) in [6.45, 7) is -0.0731. The van der Waals surface area contributed by atoms with Gasteiger partial charge >= 0.3 is 6.98 Å². The van der Waals surface area contributed by atoms with Gasteiger partial charge in [-0.1, -0.05) is 66.7 Å². The van der Waals surface area contributed by atoms with Gasteiger partial charge in [-0.05, 0) is 41.4 Å². The molecule has 0 N–H and O–H groups in total. The minimum absolute atomic E-state index is 0.0731. The number of hydrogen-bond acceptors (Lipinski definition) is 4. The van der Waals surface area contributed by atoms with Crippen LogP contribution in [0.4, 0.5) is 22.9 Å². The lowest BCUT2D eigenvalue weighted by molar-refractivity contribution is 0.577. The van der Waals surface area contributed by atoms with Gasteiger partial charge in [0.05, 0.1) is 23.3 Å². The van der Waals surface area contributed by atoms with Gasteiger partial charge in [-0.15, -0.1) is 0 Å². The van der Waals surface area contributed by atoms with Crippen LogP contribution in [-0.2, 0) is 0 Å². The molecule has 4 nitrogen and oxygen atoms in total. The normalized spacial score (nSPS) is 13.9. The van der Waals surface area contributed by atoms with E-state index >= 15 is 0 Å². The quantitative estimate of drug-likeness (QED) is 0.271. The van der Waals surface area contributed by atoms with Gasteiger partial charge in [-0.2, -0.15) is 0 Å². The molecule has 0 amide bonds. The fourth-order valence-electron chi connectivity index (χ4n) is 5.59. The zero-order valence-electron chi connectivity index (χ0n) is 17.6. The lowest BCUT2D eigenvalue weighted by atomic mass is 9.60. The highest BCUT2D eigenvalue weighted by atomic mass is 16.3. The Morgan fingerprint density at radius 1 is 0.576 bits per heavy atom. The maximum absolute atomic E-state index is 6.45. The van der Waals surface area contributed by atoms with Crippen molar-refractivity contribution < 1.29 is 8.83 Å². The van der Waals surface area contributed by atoms with Gasteiger partial charge in [0.25, 0.3) is 0 Å². The first kappa shape index (κ1) is 17.2. The van der Waals surface area contributed by atoms with Crippen molar-refractivity contribution in [3.63, 3.8) is 0 Å². The van der Waals surface area contributed by atoms with Crippen molar-refractivity contribution in [3.05, 3.63) is 103 Å². The summed E-state index contributed by atoms with van der Waals surface area (Å²) < 4.78 is 12.5. The standard InChI is InChI=1S/C28H17BN2O2/c1-3-11-22-18(8-1)21-16-17-32-28(21)31-24-13-5-4-12-23(24)30(29(22)31)25-14-7-10-20-19-9-2-6-15-26(19)33-27(20)25/h1-17H. The predicted octanol–water partition coefficient (Wildman–Crippen LogP) is 6.84. The molecule has 0 saturated heterocycles. The van der Waals surface area contributed by atoms with Gasteiger partial charge in [-0.25, -0.2) is 0 Å². The Morgan fingerprint density at radius 2 is 1.30 bits per heavy atom. The van der Waals surface area contributed by atoms with Crippen LogP contribution in [0, 0.1) is 0 Å². The van der Waals surface area contributed by atoms with E-state index in [-0.39, 0.29) is 6.98 Å². The number of para-hydroxylation sites is 4. The SMILES string of the molecule is c1ccc2c(c1)B1N(c3ccccc3N1c1cccc3c1oc1ccccc13)c1occc1-2. The van der Waals surface area contributed by atoms with Gasteiger partial charge in [0.2, 0.25) is 0 Å². The van der Waals surface area contributed by atoms with Crippen LogP contribution in [0.1, 0.15) is 0 Å². The van der Waals surface area contributed by atoms with Gasteiger partial charge in [0.1, 0.15) is 5.58 Å². The van der Waals surface area contributed by atoms with E-state index in [1.54, 1.807) is 6.26 Å². The van der Waals surface area contributed by atoms with Crippen LogP contribution < -0.4 is 15.1 Å². The summed E-state index contributed by atoms with van der Waals surface area (Å²) in [7, 11) is 0. The van der Waals surface area contributed by atoms with E-state index in [1.807, 2.05) is 12.1 Å². The third-order valence-electron chi connectivity index (χ3n) is 6.93. The van der Waals surface area contributed by atoms with Crippen LogP contribution in [-0.4, -0.2) is 6.98 Å². The van der Waals surface area contributed by atoms with E-state index < -0.39 is 0 Å². The smallest absolute Gasteiger partial charge is 0.423 e. The van der Waals surface area contributed by atoms with Gasteiger partial charge < -0.3 is 18.5 Å². The molecule has 5 heteroatoms. The molecule has 0 fully saturated rings. The van der Waals surface area contributed by atoms with Crippen molar-refractivity contribution in [1.29, 1.82) is 0 Å². The molecule has 0 radical (unpaired) electrons. The van der Waals surface area contributed by atoms with Crippen molar-refractivity contribution in [2.45, 2.75) is 0 Å². The highest BCUT2D eigenvalue weighted by molar-refractivity contribution is 6.86. The fraction of sp³-hybridized carbons (Fsp3) is 0. The number of hydrogen-bond donors (Lipinski definition) is 0. The van der Waals surface area contributed by atoms with E-state index in [9.17, 15) is 0 Å². The predicted molar refractivity (Wildman–Crippen MR) is 134 cm³/mol. The first-order valence-electron chi connectivity index (χ1n) is 11.1. The molecule has 2 aliphatic heterocycles. The number of fused-ring (bicyclic) bond motifs is 11. The molecule has 33 heavy (non-hydrogen) atoms. The second kappa shape index (κ2) is 6.11. The molecule has 0 atom stereocenters. The van der Waals surface area contributed by atoms with E-state index in [2.05, 4.69) is 94.6 Å². The molecule has 6 aromatic rings. The number of benzene rings is 4. The molecule has 2 aliphatic rings. The molecular formula is C28H17BN2O2. The Labute approximate surface area is 190 Å². The molecule has 154 valence electrons. The minimum Gasteiger partial charge on any atom is -0.454 e. The van der Waals surface area contributed by atoms with Crippen molar-refractivity contribution in [1.82, 2.24) is 0 Å². The average molecular weight is 424 g/mol. The first-order chi connectivity index (χ1) is 16.4. The third kappa shape index (κ3) is 2.11. The summed E-state index contributed by atoms with van der Waals surface area (Å²) in [5.74, 6) is 0.880. The topological polar surface area (TPSA) is 32.8 Å². The molecule has 4 aromatic carbocycles. The van der Waals surface area contributed by atoms with Crippen molar-refractivity contribution in [3.8, 4) is 11.1 Å². The van der Waals surface area contributed by atoms with Crippen LogP contribution in [0.15, 0.2) is 112 Å². The minimum atomic E-state index is -0.0731. The molecular weight excluding hydrogens is 407 g/mol. The third-order valence-corrected chi connectivity index (χ3v) is 6.93. The lowest BCUT2D eigenvalue weighted by Crippen LogP contribution is -2.55. The van der Waals surface area contributed by atoms with Gasteiger partial charge in [-0.3, -0.25) is 0 Å². The molecule has 0 bridgehead atoms. The van der Waals surface area contributed by atoms with Crippen molar-refractivity contribution in [2.24, 2.45) is 0 Å². The maximum atomic E-state index is 6.45. The molecule has 0 unspecified atom stereocenters. The first-order valence-corrected chi connectivity index (χ1v) is 11.1. The maximum Gasteiger partial charge on any atom is 0.423 e. The van der Waals surface area contributed by atoms with Crippen LogP contribution >= 0.6 is 0 Å². The molecule has 0 saturated carbocycles. The largest absolute Gasteiger partial charge is 0.454 e. The highest BCUT2D eigenvalue weighted by Crippen LogP contribution is 2.52. The van der Waals surface area contributed by atoms with E-state index in [0.29, 0.717) is 0 Å². The molecule has 2 aromatic heterocycles. The monoisotopic (exact) mass is 424 g/mol. The Morgan fingerprint density at radius 3 is 2.24 bits per heavy atom.